The fourth-order valence-electron chi connectivity index (χ4n) is 3.60. The van der Waals surface area contributed by atoms with Crippen LogP contribution in [0.2, 0.25) is 0 Å². The molecule has 0 aliphatic carbocycles. The molecule has 1 fully saturated rings. The van der Waals surface area contributed by atoms with Gasteiger partial charge in [0.15, 0.2) is 5.82 Å². The highest BCUT2D eigenvalue weighted by Crippen LogP contribution is 2.19. The maximum atomic E-state index is 12.4. The van der Waals surface area contributed by atoms with Crippen molar-refractivity contribution in [2.75, 3.05) is 25.0 Å². The van der Waals surface area contributed by atoms with E-state index in [2.05, 4.69) is 32.3 Å². The van der Waals surface area contributed by atoms with Crippen LogP contribution < -0.4 is 5.32 Å². The summed E-state index contributed by atoms with van der Waals surface area (Å²) in [6.07, 6.45) is 7.03. The van der Waals surface area contributed by atoms with Gasteiger partial charge in [-0.15, -0.1) is 5.10 Å². The fourth-order valence-corrected chi connectivity index (χ4v) is 3.60. The van der Waals surface area contributed by atoms with Crippen LogP contribution in [0, 0.1) is 12.8 Å². The highest BCUT2D eigenvalue weighted by atomic mass is 16.2. The number of anilines is 1. The van der Waals surface area contributed by atoms with Crippen molar-refractivity contribution in [2.45, 2.75) is 39.5 Å². The number of rotatable bonds is 6. The number of hydrogen-bond donors (Lipinski definition) is 1. The second-order valence-electron chi connectivity index (χ2n) is 7.77. The largest absolute Gasteiger partial charge is 0.370 e. The van der Waals surface area contributed by atoms with E-state index >= 15 is 0 Å². The van der Waals surface area contributed by atoms with E-state index in [0.29, 0.717) is 24.6 Å². The second kappa shape index (κ2) is 8.55. The lowest BCUT2D eigenvalue weighted by atomic mass is 9.99. The summed E-state index contributed by atoms with van der Waals surface area (Å²) in [6, 6.07) is 5.73. The van der Waals surface area contributed by atoms with Gasteiger partial charge < -0.3 is 10.2 Å². The second-order valence-corrected chi connectivity index (χ2v) is 7.77. The first-order valence-electron chi connectivity index (χ1n) is 10.3. The molecule has 4 heterocycles. The van der Waals surface area contributed by atoms with Crippen molar-refractivity contribution in [3.8, 4) is 11.4 Å². The van der Waals surface area contributed by atoms with Crippen molar-refractivity contribution in [3.63, 3.8) is 0 Å². The molecule has 1 aliphatic rings. The Morgan fingerprint density at radius 3 is 2.86 bits per heavy atom. The Balaban J connectivity index is 1.39. The maximum Gasteiger partial charge on any atom is 0.254 e. The van der Waals surface area contributed by atoms with Gasteiger partial charge in [-0.1, -0.05) is 6.92 Å². The number of pyridine rings is 1. The predicted octanol–water partition coefficient (Wildman–Crippen LogP) is 2.95. The Morgan fingerprint density at radius 2 is 2.10 bits per heavy atom. The van der Waals surface area contributed by atoms with Gasteiger partial charge in [0.1, 0.15) is 5.82 Å². The molecule has 0 bridgehead atoms. The Hall–Kier alpha value is -3.03. The lowest BCUT2D eigenvalue weighted by Gasteiger charge is -2.30. The van der Waals surface area contributed by atoms with Gasteiger partial charge in [-0.25, -0.2) is 4.98 Å². The summed E-state index contributed by atoms with van der Waals surface area (Å²) in [6.45, 7) is 6.68. The lowest BCUT2D eigenvalue weighted by molar-refractivity contribution is -0.132. The summed E-state index contributed by atoms with van der Waals surface area (Å²) in [5, 5.41) is 7.98. The number of carbonyl (C=O) groups excluding carboxylic acids is 1. The van der Waals surface area contributed by atoms with E-state index in [1.807, 2.05) is 30.0 Å². The lowest BCUT2D eigenvalue weighted by Crippen LogP contribution is -2.37. The molecule has 0 atom stereocenters. The van der Waals surface area contributed by atoms with Gasteiger partial charge in [-0.2, -0.15) is 9.50 Å². The molecule has 8 heteroatoms. The first-order chi connectivity index (χ1) is 14.1. The Labute approximate surface area is 170 Å². The van der Waals surface area contributed by atoms with Crippen molar-refractivity contribution < 1.29 is 4.79 Å². The topological polar surface area (TPSA) is 88.3 Å². The van der Waals surface area contributed by atoms with E-state index in [0.717, 1.165) is 55.3 Å². The highest BCUT2D eigenvalue weighted by Gasteiger charge is 2.19. The molecule has 152 valence electrons. The van der Waals surface area contributed by atoms with Gasteiger partial charge in [0.25, 0.3) is 5.78 Å². The van der Waals surface area contributed by atoms with Crippen LogP contribution in [0.15, 0.2) is 30.6 Å². The van der Waals surface area contributed by atoms with Crippen LogP contribution in [-0.4, -0.2) is 55.0 Å². The molecule has 0 aromatic carbocycles. The van der Waals surface area contributed by atoms with Gasteiger partial charge in [0, 0.05) is 55.8 Å². The third-order valence-corrected chi connectivity index (χ3v) is 5.37. The van der Waals surface area contributed by atoms with Crippen molar-refractivity contribution >= 4 is 17.5 Å². The van der Waals surface area contributed by atoms with Crippen molar-refractivity contribution in [2.24, 2.45) is 5.92 Å². The van der Waals surface area contributed by atoms with E-state index in [-0.39, 0.29) is 5.91 Å². The molecular weight excluding hydrogens is 366 g/mol. The van der Waals surface area contributed by atoms with E-state index in [1.165, 1.54) is 0 Å². The zero-order valence-corrected chi connectivity index (χ0v) is 17.0. The number of fused-ring (bicyclic) bond motifs is 1. The monoisotopic (exact) mass is 393 g/mol. The Bertz CT molecular complexity index is 977. The number of carbonyl (C=O) groups is 1. The van der Waals surface area contributed by atoms with Crippen LogP contribution in [0.25, 0.3) is 17.2 Å². The van der Waals surface area contributed by atoms with E-state index in [1.54, 1.807) is 16.9 Å². The van der Waals surface area contributed by atoms with Crippen molar-refractivity contribution in [3.05, 3.63) is 36.3 Å². The molecule has 3 aromatic heterocycles. The number of likely N-dealkylation sites (tertiary alicyclic amines) is 1. The standard InChI is InChI=1S/C21H27N7O/c1-15-7-11-27(12-8-15)19(29)6-4-10-23-18-13-16(2)24-21-25-20(26-28(18)21)17-5-3-9-22-14-17/h3,5,9,13-15,23H,4,6-8,10-12H2,1-2H3. The third kappa shape index (κ3) is 4.52. The van der Waals surface area contributed by atoms with Crippen LogP contribution in [0.4, 0.5) is 5.82 Å². The molecule has 0 unspecified atom stereocenters. The average molecular weight is 393 g/mol. The van der Waals surface area contributed by atoms with Crippen LogP contribution in [0.3, 0.4) is 0 Å². The predicted molar refractivity (Wildman–Crippen MR) is 111 cm³/mol. The number of piperidine rings is 1. The Morgan fingerprint density at radius 1 is 1.28 bits per heavy atom. The summed E-state index contributed by atoms with van der Waals surface area (Å²) >= 11 is 0. The van der Waals surface area contributed by atoms with Gasteiger partial charge in [-0.05, 0) is 44.2 Å². The van der Waals surface area contributed by atoms with E-state index in [4.69, 9.17) is 0 Å². The summed E-state index contributed by atoms with van der Waals surface area (Å²) in [5.41, 5.74) is 1.71. The molecule has 3 aromatic rings. The van der Waals surface area contributed by atoms with Gasteiger partial charge in [-0.3, -0.25) is 9.78 Å². The summed E-state index contributed by atoms with van der Waals surface area (Å²) in [7, 11) is 0. The molecular formula is C21H27N7O. The minimum absolute atomic E-state index is 0.259. The van der Waals surface area contributed by atoms with Crippen molar-refractivity contribution in [1.29, 1.82) is 0 Å². The van der Waals surface area contributed by atoms with Gasteiger partial charge >= 0.3 is 0 Å². The van der Waals surface area contributed by atoms with Crippen LogP contribution >= 0.6 is 0 Å². The molecule has 29 heavy (non-hydrogen) atoms. The molecule has 0 spiro atoms. The molecule has 1 saturated heterocycles. The average Bonchev–Trinajstić information content (AvgIpc) is 3.16. The third-order valence-electron chi connectivity index (χ3n) is 5.37. The quantitative estimate of drug-likeness (QED) is 0.648. The van der Waals surface area contributed by atoms with E-state index in [9.17, 15) is 4.79 Å². The Kier molecular flexibility index (Phi) is 5.69. The molecule has 0 saturated carbocycles. The minimum atomic E-state index is 0.259. The smallest absolute Gasteiger partial charge is 0.254 e. The summed E-state index contributed by atoms with van der Waals surface area (Å²) < 4.78 is 1.71. The fraction of sp³-hybridized carbons (Fsp3) is 0.476. The highest BCUT2D eigenvalue weighted by molar-refractivity contribution is 5.76. The molecule has 0 radical (unpaired) electrons. The molecule has 8 nitrogen and oxygen atoms in total. The van der Waals surface area contributed by atoms with Crippen molar-refractivity contribution in [1.82, 2.24) is 29.5 Å². The van der Waals surface area contributed by atoms with Gasteiger partial charge in [0.2, 0.25) is 5.91 Å². The first kappa shape index (κ1) is 19.3. The normalized spacial score (nSPS) is 15.0. The molecule has 1 aliphatic heterocycles. The number of aromatic nitrogens is 5. The van der Waals surface area contributed by atoms with Gasteiger partial charge in [0.05, 0.1) is 0 Å². The molecule has 1 N–H and O–H groups in total. The maximum absolute atomic E-state index is 12.4. The van der Waals surface area contributed by atoms with Crippen LogP contribution in [0.5, 0.6) is 0 Å². The number of hydrogen-bond acceptors (Lipinski definition) is 6. The zero-order valence-electron chi connectivity index (χ0n) is 17.0. The molecule has 1 amide bonds. The number of amides is 1. The zero-order chi connectivity index (χ0) is 20.2. The molecule has 4 rings (SSSR count). The number of nitrogens with zero attached hydrogens (tertiary/aromatic N) is 6. The van der Waals surface area contributed by atoms with E-state index < -0.39 is 0 Å². The first-order valence-corrected chi connectivity index (χ1v) is 10.3. The summed E-state index contributed by atoms with van der Waals surface area (Å²) in [4.78, 5) is 27.5. The van der Waals surface area contributed by atoms with Crippen LogP contribution in [-0.2, 0) is 4.79 Å². The summed E-state index contributed by atoms with van der Waals surface area (Å²) in [5.74, 6) is 2.96. The number of aryl methyl sites for hydroxylation is 1. The SMILES string of the molecule is Cc1cc(NCCCC(=O)N2CCC(C)CC2)n2nc(-c3cccnc3)nc2n1. The van der Waals surface area contributed by atoms with Crippen LogP contribution in [0.1, 0.15) is 38.3 Å². The number of nitrogens with one attached hydrogen (secondary N) is 1. The minimum Gasteiger partial charge on any atom is -0.370 e.